The topological polar surface area (TPSA) is 80.1 Å². The standard InChI is InChI=1S/C25H32F3N5O3S/c1-24(2)22(35)33(19-7-6-18(17-29)20(16-19)25(26,27)28)23(37)32(24)10-5-4-9-30-11-13-31(14-12-30)21(34)8-15-36-3/h6-7,16H,4-5,8-15H2,1-3H3. The quantitative estimate of drug-likeness (QED) is 0.352. The Morgan fingerprint density at radius 3 is 2.41 bits per heavy atom. The van der Waals surface area contributed by atoms with Gasteiger partial charge in [-0.3, -0.25) is 19.4 Å². The van der Waals surface area contributed by atoms with Crippen molar-refractivity contribution in [3.63, 3.8) is 0 Å². The van der Waals surface area contributed by atoms with Crippen molar-refractivity contribution >= 4 is 34.8 Å². The van der Waals surface area contributed by atoms with E-state index in [4.69, 9.17) is 22.2 Å². The van der Waals surface area contributed by atoms with Gasteiger partial charge in [-0.2, -0.15) is 18.4 Å². The van der Waals surface area contributed by atoms with Crippen LogP contribution in [0.25, 0.3) is 0 Å². The van der Waals surface area contributed by atoms with E-state index in [0.29, 0.717) is 32.7 Å². The highest BCUT2D eigenvalue weighted by Crippen LogP contribution is 2.37. The smallest absolute Gasteiger partial charge is 0.384 e. The van der Waals surface area contributed by atoms with Crippen molar-refractivity contribution in [2.24, 2.45) is 0 Å². The van der Waals surface area contributed by atoms with Crippen LogP contribution >= 0.6 is 12.2 Å². The molecule has 0 spiro atoms. The van der Waals surface area contributed by atoms with E-state index in [0.717, 1.165) is 49.5 Å². The number of alkyl halides is 3. The molecule has 202 valence electrons. The summed E-state index contributed by atoms with van der Waals surface area (Å²) in [4.78, 5) is 32.4. The molecule has 0 aliphatic carbocycles. The molecule has 0 bridgehead atoms. The Kier molecular flexibility index (Phi) is 9.15. The number of methoxy groups -OCH3 is 1. The van der Waals surface area contributed by atoms with E-state index >= 15 is 0 Å². The van der Waals surface area contributed by atoms with Crippen LogP contribution in [0.3, 0.4) is 0 Å². The van der Waals surface area contributed by atoms with E-state index < -0.39 is 28.7 Å². The Bertz CT molecular complexity index is 1060. The molecule has 0 radical (unpaired) electrons. The summed E-state index contributed by atoms with van der Waals surface area (Å²) in [5.41, 5.74) is -2.63. The maximum Gasteiger partial charge on any atom is 0.417 e. The van der Waals surface area contributed by atoms with Crippen molar-refractivity contribution in [2.45, 2.75) is 44.8 Å². The lowest BCUT2D eigenvalue weighted by molar-refractivity contribution is -0.138. The number of anilines is 1. The van der Waals surface area contributed by atoms with Gasteiger partial charge in [0.25, 0.3) is 5.91 Å². The second kappa shape index (κ2) is 11.8. The molecule has 2 aliphatic heterocycles. The summed E-state index contributed by atoms with van der Waals surface area (Å²) in [7, 11) is 1.57. The zero-order chi connectivity index (χ0) is 27.4. The highest BCUT2D eigenvalue weighted by atomic mass is 32.1. The minimum atomic E-state index is -4.73. The summed E-state index contributed by atoms with van der Waals surface area (Å²) in [5.74, 6) is -0.310. The number of unbranched alkanes of at least 4 members (excludes halogenated alkanes) is 1. The number of ether oxygens (including phenoxy) is 1. The van der Waals surface area contributed by atoms with Gasteiger partial charge in [-0.15, -0.1) is 0 Å². The molecule has 0 atom stereocenters. The van der Waals surface area contributed by atoms with Gasteiger partial charge in [-0.1, -0.05) is 0 Å². The van der Waals surface area contributed by atoms with Crippen molar-refractivity contribution in [2.75, 3.05) is 57.9 Å². The lowest BCUT2D eigenvalue weighted by Crippen LogP contribution is -2.49. The lowest BCUT2D eigenvalue weighted by atomic mass is 10.0. The van der Waals surface area contributed by atoms with E-state index in [2.05, 4.69) is 4.90 Å². The number of halogens is 3. The number of carbonyl (C=O) groups excluding carboxylic acids is 2. The molecule has 2 aliphatic rings. The van der Waals surface area contributed by atoms with Crippen LogP contribution in [0.15, 0.2) is 18.2 Å². The van der Waals surface area contributed by atoms with Crippen molar-refractivity contribution in [1.29, 1.82) is 5.26 Å². The van der Waals surface area contributed by atoms with E-state index in [1.807, 2.05) is 4.90 Å². The van der Waals surface area contributed by atoms with Crippen LogP contribution in [0.2, 0.25) is 0 Å². The highest BCUT2D eigenvalue weighted by molar-refractivity contribution is 7.80. The normalized spacial score (nSPS) is 18.5. The number of benzene rings is 1. The van der Waals surface area contributed by atoms with Crippen LogP contribution in [-0.2, 0) is 20.5 Å². The molecular weight excluding hydrogens is 507 g/mol. The van der Waals surface area contributed by atoms with Crippen LogP contribution < -0.4 is 4.90 Å². The van der Waals surface area contributed by atoms with Crippen molar-refractivity contribution in [1.82, 2.24) is 14.7 Å². The summed E-state index contributed by atoms with van der Waals surface area (Å²) in [6.45, 7) is 8.08. The molecule has 0 aromatic heterocycles. The lowest BCUT2D eigenvalue weighted by Gasteiger charge is -2.35. The summed E-state index contributed by atoms with van der Waals surface area (Å²) in [6, 6.07) is 4.74. The minimum absolute atomic E-state index is 0.00480. The zero-order valence-corrected chi connectivity index (χ0v) is 22.1. The third-order valence-corrected chi connectivity index (χ3v) is 7.26. The van der Waals surface area contributed by atoms with Crippen LogP contribution in [0.1, 0.15) is 44.2 Å². The first-order valence-electron chi connectivity index (χ1n) is 12.2. The maximum atomic E-state index is 13.5. The molecule has 0 N–H and O–H groups in total. The summed E-state index contributed by atoms with van der Waals surface area (Å²) >= 11 is 5.54. The van der Waals surface area contributed by atoms with E-state index in [1.165, 1.54) is 6.07 Å². The molecule has 0 unspecified atom stereocenters. The fourth-order valence-electron chi connectivity index (χ4n) is 4.62. The molecule has 1 aromatic carbocycles. The first-order chi connectivity index (χ1) is 17.4. The monoisotopic (exact) mass is 539 g/mol. The number of hydrogen-bond donors (Lipinski definition) is 0. The average Bonchev–Trinajstić information content (AvgIpc) is 3.03. The van der Waals surface area contributed by atoms with Gasteiger partial charge < -0.3 is 14.5 Å². The number of nitrogens with zero attached hydrogens (tertiary/aromatic N) is 5. The summed E-state index contributed by atoms with van der Waals surface area (Å²) < 4.78 is 45.4. The third-order valence-electron chi connectivity index (χ3n) is 6.86. The molecule has 3 rings (SSSR count). The van der Waals surface area contributed by atoms with Crippen LogP contribution in [0.4, 0.5) is 18.9 Å². The number of rotatable bonds is 9. The SMILES string of the molecule is COCCC(=O)N1CCN(CCCCN2C(=S)N(c3ccc(C#N)c(C(F)(F)F)c3)C(=O)C2(C)C)CC1. The Morgan fingerprint density at radius 1 is 1.16 bits per heavy atom. The van der Waals surface area contributed by atoms with Gasteiger partial charge in [0.2, 0.25) is 5.91 Å². The number of piperazine rings is 1. The molecule has 37 heavy (non-hydrogen) atoms. The fraction of sp³-hybridized carbons (Fsp3) is 0.600. The second-order valence-corrected chi connectivity index (χ2v) is 10.0. The van der Waals surface area contributed by atoms with Gasteiger partial charge in [0.1, 0.15) is 5.54 Å². The van der Waals surface area contributed by atoms with Gasteiger partial charge in [-0.05, 0) is 63.7 Å². The van der Waals surface area contributed by atoms with Gasteiger partial charge in [0.05, 0.1) is 35.9 Å². The number of amides is 2. The molecule has 2 amide bonds. The average molecular weight is 540 g/mol. The van der Waals surface area contributed by atoms with Crippen molar-refractivity contribution in [3.05, 3.63) is 29.3 Å². The largest absolute Gasteiger partial charge is 0.417 e. The molecular formula is C25H32F3N5O3S. The molecule has 0 saturated carbocycles. The second-order valence-electron chi connectivity index (χ2n) is 9.65. The molecule has 2 fully saturated rings. The predicted octanol–water partition coefficient (Wildman–Crippen LogP) is 3.25. The molecule has 8 nitrogen and oxygen atoms in total. The summed E-state index contributed by atoms with van der Waals surface area (Å²) in [6.07, 6.45) is -2.77. The molecule has 12 heteroatoms. The zero-order valence-electron chi connectivity index (χ0n) is 21.3. The Balaban J connectivity index is 1.57. The van der Waals surface area contributed by atoms with Gasteiger partial charge in [0.15, 0.2) is 5.11 Å². The number of thiocarbonyl (C=S) groups is 1. The Hall–Kier alpha value is -2.75. The maximum absolute atomic E-state index is 13.5. The molecule has 2 saturated heterocycles. The third kappa shape index (κ3) is 6.40. The van der Waals surface area contributed by atoms with E-state index in [-0.39, 0.29) is 16.7 Å². The van der Waals surface area contributed by atoms with Crippen molar-refractivity contribution < 1.29 is 27.5 Å². The Labute approximate surface area is 220 Å². The first kappa shape index (κ1) is 28.8. The highest BCUT2D eigenvalue weighted by Gasteiger charge is 2.49. The Morgan fingerprint density at radius 2 is 1.81 bits per heavy atom. The number of carbonyl (C=O) groups is 2. The number of hydrogen-bond acceptors (Lipinski definition) is 6. The summed E-state index contributed by atoms with van der Waals surface area (Å²) in [5, 5.41) is 9.21. The van der Waals surface area contributed by atoms with E-state index in [1.54, 1.807) is 31.9 Å². The minimum Gasteiger partial charge on any atom is -0.384 e. The van der Waals surface area contributed by atoms with Crippen LogP contribution in [0.5, 0.6) is 0 Å². The predicted molar refractivity (Wildman–Crippen MR) is 136 cm³/mol. The van der Waals surface area contributed by atoms with Gasteiger partial charge >= 0.3 is 6.18 Å². The van der Waals surface area contributed by atoms with Crippen LogP contribution in [-0.4, -0.2) is 90.2 Å². The molecule has 2 heterocycles. The van der Waals surface area contributed by atoms with Gasteiger partial charge in [0, 0.05) is 39.8 Å². The first-order valence-corrected chi connectivity index (χ1v) is 12.6. The molecule has 1 aromatic rings. The fourth-order valence-corrected chi connectivity index (χ4v) is 5.12. The number of nitriles is 1. The van der Waals surface area contributed by atoms with E-state index in [9.17, 15) is 22.8 Å². The van der Waals surface area contributed by atoms with Gasteiger partial charge in [-0.25, -0.2) is 0 Å². The van der Waals surface area contributed by atoms with Crippen LogP contribution in [0, 0.1) is 11.3 Å². The van der Waals surface area contributed by atoms with Crippen molar-refractivity contribution in [3.8, 4) is 6.07 Å².